The molecule has 5 heteroatoms. The third-order valence-electron chi connectivity index (χ3n) is 5.05. The van der Waals surface area contributed by atoms with Crippen LogP contribution in [-0.4, -0.2) is 22.9 Å². The molecule has 0 bridgehead atoms. The molecule has 4 nitrogen and oxygen atoms in total. The second-order valence-electron chi connectivity index (χ2n) is 6.34. The van der Waals surface area contributed by atoms with E-state index in [1.54, 1.807) is 0 Å². The normalized spacial score (nSPS) is 25.9. The number of fused-ring (bicyclic) bond motifs is 1. The Labute approximate surface area is 138 Å². The summed E-state index contributed by atoms with van der Waals surface area (Å²) in [6, 6.07) is 3.37. The van der Waals surface area contributed by atoms with Crippen molar-refractivity contribution in [2.75, 3.05) is 6.54 Å². The number of hydrogen-bond acceptors (Lipinski definition) is 4. The van der Waals surface area contributed by atoms with Crippen LogP contribution in [0, 0.1) is 5.92 Å². The fraction of sp³-hybridized carbons (Fsp3) is 0.647. The summed E-state index contributed by atoms with van der Waals surface area (Å²) in [4.78, 5) is 0. The Kier molecular flexibility index (Phi) is 5.95. The van der Waals surface area contributed by atoms with Gasteiger partial charge in [-0.25, -0.2) is 0 Å². The lowest BCUT2D eigenvalue weighted by Crippen LogP contribution is -2.29. The minimum absolute atomic E-state index is 0. The average molecular weight is 328 g/mol. The summed E-state index contributed by atoms with van der Waals surface area (Å²) < 4.78 is 6.30. The van der Waals surface area contributed by atoms with Gasteiger partial charge in [0.15, 0.2) is 11.5 Å². The molecule has 1 aliphatic carbocycles. The zero-order valence-electron chi connectivity index (χ0n) is 12.8. The van der Waals surface area contributed by atoms with Crippen molar-refractivity contribution >= 4 is 12.4 Å². The van der Waals surface area contributed by atoms with E-state index in [9.17, 15) is 10.2 Å². The second-order valence-corrected chi connectivity index (χ2v) is 6.34. The maximum absolute atomic E-state index is 10.1. The number of nitrogens with two attached hydrogens (primary N) is 1. The van der Waals surface area contributed by atoms with Crippen molar-refractivity contribution in [1.29, 1.82) is 0 Å². The number of halogens is 1. The van der Waals surface area contributed by atoms with Gasteiger partial charge in [0.2, 0.25) is 0 Å². The third-order valence-corrected chi connectivity index (χ3v) is 5.05. The lowest BCUT2D eigenvalue weighted by atomic mass is 9.83. The Morgan fingerprint density at radius 1 is 1.09 bits per heavy atom. The van der Waals surface area contributed by atoms with Gasteiger partial charge in [0.25, 0.3) is 0 Å². The molecule has 1 aromatic carbocycles. The number of rotatable bonds is 2. The van der Waals surface area contributed by atoms with Crippen LogP contribution >= 0.6 is 12.4 Å². The standard InChI is InChI=1S/C17H25NO3.ClH/c18-10-16-12-6-8-14(19)17(20)13(12)7-9-15(21-16)11-4-2-1-3-5-11;/h6,8,11,15-16,19-20H,1-5,7,9-10,18H2;1H. The van der Waals surface area contributed by atoms with Crippen LogP contribution in [0.5, 0.6) is 11.5 Å². The molecule has 124 valence electrons. The summed E-state index contributed by atoms with van der Waals surface area (Å²) in [5, 5.41) is 19.9. The maximum Gasteiger partial charge on any atom is 0.161 e. The van der Waals surface area contributed by atoms with E-state index in [0.717, 1.165) is 24.0 Å². The van der Waals surface area contributed by atoms with E-state index in [0.29, 0.717) is 12.5 Å². The Balaban J connectivity index is 0.00000176. The van der Waals surface area contributed by atoms with E-state index in [-0.39, 0.29) is 36.1 Å². The molecular weight excluding hydrogens is 302 g/mol. The van der Waals surface area contributed by atoms with Crippen LogP contribution in [0.25, 0.3) is 0 Å². The summed E-state index contributed by atoms with van der Waals surface area (Å²) >= 11 is 0. The molecule has 22 heavy (non-hydrogen) atoms. The van der Waals surface area contributed by atoms with Crippen LogP contribution in [0.15, 0.2) is 12.1 Å². The molecule has 4 N–H and O–H groups in total. The topological polar surface area (TPSA) is 75.7 Å². The Morgan fingerprint density at radius 3 is 2.50 bits per heavy atom. The average Bonchev–Trinajstić information content (AvgIpc) is 2.71. The van der Waals surface area contributed by atoms with Crippen LogP contribution < -0.4 is 5.73 Å². The van der Waals surface area contributed by atoms with Crippen molar-refractivity contribution < 1.29 is 14.9 Å². The number of hydrogen-bond donors (Lipinski definition) is 3. The van der Waals surface area contributed by atoms with Crippen molar-refractivity contribution in [3.63, 3.8) is 0 Å². The van der Waals surface area contributed by atoms with E-state index in [1.165, 1.54) is 38.2 Å². The zero-order chi connectivity index (χ0) is 14.8. The van der Waals surface area contributed by atoms with Crippen LogP contribution in [-0.2, 0) is 11.2 Å². The molecule has 0 saturated heterocycles. The van der Waals surface area contributed by atoms with E-state index in [4.69, 9.17) is 10.5 Å². The Hall–Kier alpha value is -0.970. The van der Waals surface area contributed by atoms with Crippen LogP contribution in [0.3, 0.4) is 0 Å². The Bertz CT molecular complexity index is 503. The number of phenols is 2. The van der Waals surface area contributed by atoms with Gasteiger partial charge in [-0.05, 0) is 43.2 Å². The Morgan fingerprint density at radius 2 is 1.82 bits per heavy atom. The first kappa shape index (κ1) is 17.4. The molecule has 1 heterocycles. The first-order valence-electron chi connectivity index (χ1n) is 8.10. The molecule has 2 atom stereocenters. The van der Waals surface area contributed by atoms with Crippen molar-refractivity contribution in [3.8, 4) is 11.5 Å². The van der Waals surface area contributed by atoms with Gasteiger partial charge in [0, 0.05) is 12.1 Å². The van der Waals surface area contributed by atoms with E-state index in [2.05, 4.69) is 0 Å². The van der Waals surface area contributed by atoms with Gasteiger partial charge < -0.3 is 20.7 Å². The molecule has 0 spiro atoms. The lowest BCUT2D eigenvalue weighted by molar-refractivity contribution is -0.0479. The molecule has 1 fully saturated rings. The maximum atomic E-state index is 10.1. The minimum atomic E-state index is -0.180. The van der Waals surface area contributed by atoms with Crippen LogP contribution in [0.4, 0.5) is 0 Å². The molecule has 1 aromatic rings. The second kappa shape index (κ2) is 7.53. The molecule has 2 unspecified atom stereocenters. The smallest absolute Gasteiger partial charge is 0.161 e. The quantitative estimate of drug-likeness (QED) is 0.727. The van der Waals surface area contributed by atoms with Crippen LogP contribution in [0.2, 0.25) is 0 Å². The highest BCUT2D eigenvalue weighted by Gasteiger charge is 2.32. The largest absolute Gasteiger partial charge is 0.504 e. The van der Waals surface area contributed by atoms with Crippen molar-refractivity contribution in [3.05, 3.63) is 23.3 Å². The highest BCUT2D eigenvalue weighted by Crippen LogP contribution is 2.41. The molecule has 0 aromatic heterocycles. The first-order valence-corrected chi connectivity index (χ1v) is 8.10. The molecule has 0 radical (unpaired) electrons. The fourth-order valence-corrected chi connectivity index (χ4v) is 3.88. The molecule has 0 amide bonds. The summed E-state index contributed by atoms with van der Waals surface area (Å²) in [5.41, 5.74) is 7.64. The number of ether oxygens (including phenoxy) is 1. The zero-order valence-corrected chi connectivity index (χ0v) is 13.6. The monoisotopic (exact) mass is 327 g/mol. The summed E-state index contributed by atoms with van der Waals surface area (Å²) in [7, 11) is 0. The SMILES string of the molecule is Cl.NCC1OC(C2CCCCC2)CCc2c1ccc(O)c2O. The van der Waals surface area contributed by atoms with Gasteiger partial charge in [-0.1, -0.05) is 25.3 Å². The van der Waals surface area contributed by atoms with Crippen molar-refractivity contribution in [2.45, 2.75) is 57.2 Å². The molecular formula is C17H26ClNO3. The minimum Gasteiger partial charge on any atom is -0.504 e. The van der Waals surface area contributed by atoms with Crippen molar-refractivity contribution in [2.24, 2.45) is 11.7 Å². The van der Waals surface area contributed by atoms with E-state index >= 15 is 0 Å². The highest BCUT2D eigenvalue weighted by atomic mass is 35.5. The number of phenolic OH excluding ortho intramolecular Hbond substituents is 2. The van der Waals surface area contributed by atoms with E-state index < -0.39 is 0 Å². The highest BCUT2D eigenvalue weighted by molar-refractivity contribution is 5.85. The predicted molar refractivity (Wildman–Crippen MR) is 88.6 cm³/mol. The number of aromatic hydroxyl groups is 2. The molecule has 3 rings (SSSR count). The fourth-order valence-electron chi connectivity index (χ4n) is 3.88. The molecule has 1 aliphatic heterocycles. The third kappa shape index (κ3) is 3.34. The summed E-state index contributed by atoms with van der Waals surface area (Å²) in [5.74, 6) is 0.553. The number of benzene rings is 1. The van der Waals surface area contributed by atoms with E-state index in [1.807, 2.05) is 6.07 Å². The predicted octanol–water partition coefficient (Wildman–Crippen LogP) is 3.43. The van der Waals surface area contributed by atoms with Gasteiger partial charge in [0.05, 0.1) is 12.2 Å². The lowest BCUT2D eigenvalue weighted by Gasteiger charge is -2.31. The van der Waals surface area contributed by atoms with Gasteiger partial charge >= 0.3 is 0 Å². The van der Waals surface area contributed by atoms with Gasteiger partial charge in [-0.3, -0.25) is 0 Å². The van der Waals surface area contributed by atoms with Crippen molar-refractivity contribution in [1.82, 2.24) is 0 Å². The molecule has 1 saturated carbocycles. The van der Waals surface area contributed by atoms with Gasteiger partial charge in [-0.2, -0.15) is 0 Å². The summed E-state index contributed by atoms with van der Waals surface area (Å²) in [6.07, 6.45) is 8.05. The van der Waals surface area contributed by atoms with Gasteiger partial charge in [-0.15, -0.1) is 12.4 Å². The molecule has 2 aliphatic rings. The first-order chi connectivity index (χ1) is 10.2. The van der Waals surface area contributed by atoms with Gasteiger partial charge in [0.1, 0.15) is 0 Å². The van der Waals surface area contributed by atoms with Crippen LogP contribution in [0.1, 0.15) is 55.8 Å². The summed E-state index contributed by atoms with van der Waals surface area (Å²) in [6.45, 7) is 0.403.